The number of ether oxygens (including phenoxy) is 1. The molecule has 0 saturated carbocycles. The second-order valence-electron chi connectivity index (χ2n) is 3.91. The molecule has 1 rings (SSSR count). The van der Waals surface area contributed by atoms with E-state index in [4.69, 9.17) is 10.5 Å². The molecular weight excluding hydrogens is 178 g/mol. The van der Waals surface area contributed by atoms with Gasteiger partial charge in [0.1, 0.15) is 5.78 Å². The van der Waals surface area contributed by atoms with E-state index in [9.17, 15) is 4.79 Å². The molecule has 2 atom stereocenters. The van der Waals surface area contributed by atoms with Gasteiger partial charge in [-0.25, -0.2) is 0 Å². The highest BCUT2D eigenvalue weighted by atomic mass is 16.5. The van der Waals surface area contributed by atoms with Gasteiger partial charge in [0.2, 0.25) is 0 Å². The van der Waals surface area contributed by atoms with Gasteiger partial charge in [0.15, 0.2) is 0 Å². The number of nitrogens with two attached hydrogens (primary N) is 1. The number of allylic oxidation sites excluding steroid dienone is 2. The van der Waals surface area contributed by atoms with Crippen LogP contribution in [0.25, 0.3) is 0 Å². The maximum absolute atomic E-state index is 10.8. The molecule has 1 aliphatic carbocycles. The van der Waals surface area contributed by atoms with E-state index in [1.54, 1.807) is 0 Å². The predicted octanol–water partition coefficient (Wildman–Crippen LogP) is 1.28. The minimum atomic E-state index is -0.450. The molecule has 0 heterocycles. The molecule has 0 amide bonds. The molecular formula is C11H19NO2. The van der Waals surface area contributed by atoms with Crippen LogP contribution in [0.15, 0.2) is 12.2 Å². The van der Waals surface area contributed by atoms with E-state index in [1.807, 2.05) is 0 Å². The molecule has 0 aliphatic heterocycles. The van der Waals surface area contributed by atoms with Gasteiger partial charge in [-0.3, -0.25) is 4.79 Å². The van der Waals surface area contributed by atoms with E-state index in [-0.39, 0.29) is 5.78 Å². The molecule has 3 nitrogen and oxygen atoms in total. The van der Waals surface area contributed by atoms with E-state index in [2.05, 4.69) is 12.2 Å². The lowest BCUT2D eigenvalue weighted by molar-refractivity contribution is -0.119. The summed E-state index contributed by atoms with van der Waals surface area (Å²) in [5.74, 6) is 0.604. The fourth-order valence-electron chi connectivity index (χ4n) is 1.49. The van der Waals surface area contributed by atoms with Crippen LogP contribution in [0.3, 0.4) is 0 Å². The van der Waals surface area contributed by atoms with Crippen molar-refractivity contribution in [3.63, 3.8) is 0 Å². The highest BCUT2D eigenvalue weighted by Crippen LogP contribution is 2.17. The average molecular weight is 197 g/mol. The SMILES string of the molecule is CC(=O)[C@H](N)COCC1CC=CCC1. The molecule has 0 aromatic carbocycles. The molecule has 80 valence electrons. The highest BCUT2D eigenvalue weighted by Gasteiger charge is 2.12. The molecule has 0 radical (unpaired) electrons. The van der Waals surface area contributed by atoms with E-state index in [1.165, 1.54) is 13.3 Å². The predicted molar refractivity (Wildman–Crippen MR) is 56.0 cm³/mol. The number of rotatable bonds is 5. The third-order valence-electron chi connectivity index (χ3n) is 2.55. The summed E-state index contributed by atoms with van der Waals surface area (Å²) in [5, 5.41) is 0. The minimum absolute atomic E-state index is 0.00598. The average Bonchev–Trinajstić information content (AvgIpc) is 2.19. The molecule has 2 N–H and O–H groups in total. The van der Waals surface area contributed by atoms with Crippen LogP contribution in [0, 0.1) is 5.92 Å². The fraction of sp³-hybridized carbons (Fsp3) is 0.727. The summed E-state index contributed by atoms with van der Waals surface area (Å²) in [6.45, 7) is 2.58. The number of Topliss-reactive ketones (excluding diaryl/α,β-unsaturated/α-hetero) is 1. The van der Waals surface area contributed by atoms with Gasteiger partial charge in [0.05, 0.1) is 12.6 Å². The van der Waals surface area contributed by atoms with Crippen molar-refractivity contribution < 1.29 is 9.53 Å². The standard InChI is InChI=1S/C11H19NO2/c1-9(13)11(12)8-14-7-10-5-3-2-4-6-10/h2-3,10-11H,4-8,12H2,1H3/t10?,11-/m1/s1. The molecule has 0 saturated heterocycles. The van der Waals surface area contributed by atoms with Crippen LogP contribution < -0.4 is 5.73 Å². The monoisotopic (exact) mass is 197 g/mol. The third kappa shape index (κ3) is 4.03. The number of ketones is 1. The van der Waals surface area contributed by atoms with Crippen molar-refractivity contribution in [2.45, 2.75) is 32.2 Å². The van der Waals surface area contributed by atoms with Crippen LogP contribution in [0.4, 0.5) is 0 Å². The van der Waals surface area contributed by atoms with Crippen molar-refractivity contribution in [3.05, 3.63) is 12.2 Å². The number of carbonyl (C=O) groups is 1. The first kappa shape index (κ1) is 11.4. The van der Waals surface area contributed by atoms with Crippen molar-refractivity contribution in [1.29, 1.82) is 0 Å². The van der Waals surface area contributed by atoms with Crippen molar-refractivity contribution in [2.24, 2.45) is 11.7 Å². The van der Waals surface area contributed by atoms with Crippen molar-refractivity contribution in [1.82, 2.24) is 0 Å². The van der Waals surface area contributed by atoms with Crippen molar-refractivity contribution in [3.8, 4) is 0 Å². The number of hydrogen-bond donors (Lipinski definition) is 1. The summed E-state index contributed by atoms with van der Waals surface area (Å²) in [7, 11) is 0. The Morgan fingerprint density at radius 1 is 1.64 bits per heavy atom. The molecule has 14 heavy (non-hydrogen) atoms. The largest absolute Gasteiger partial charge is 0.379 e. The third-order valence-corrected chi connectivity index (χ3v) is 2.55. The van der Waals surface area contributed by atoms with Crippen LogP contribution in [-0.4, -0.2) is 25.0 Å². The summed E-state index contributed by atoms with van der Waals surface area (Å²) < 4.78 is 5.42. The van der Waals surface area contributed by atoms with Gasteiger partial charge in [-0.05, 0) is 32.1 Å². The maximum Gasteiger partial charge on any atom is 0.148 e. The molecule has 1 aliphatic rings. The second-order valence-corrected chi connectivity index (χ2v) is 3.91. The first-order valence-corrected chi connectivity index (χ1v) is 5.19. The Bertz CT molecular complexity index is 213. The molecule has 0 fully saturated rings. The van der Waals surface area contributed by atoms with Crippen LogP contribution in [0.5, 0.6) is 0 Å². The molecule has 1 unspecified atom stereocenters. The molecule has 0 bridgehead atoms. The van der Waals surface area contributed by atoms with E-state index in [0.29, 0.717) is 12.5 Å². The van der Waals surface area contributed by atoms with Gasteiger partial charge < -0.3 is 10.5 Å². The van der Waals surface area contributed by atoms with Crippen LogP contribution in [0.1, 0.15) is 26.2 Å². The fourth-order valence-corrected chi connectivity index (χ4v) is 1.49. The van der Waals surface area contributed by atoms with Crippen LogP contribution in [0.2, 0.25) is 0 Å². The summed E-state index contributed by atoms with van der Waals surface area (Å²) in [6.07, 6.45) is 7.83. The Kier molecular flexibility index (Phi) is 4.84. The molecule has 0 aromatic heterocycles. The van der Waals surface area contributed by atoms with Gasteiger partial charge in [-0.1, -0.05) is 12.2 Å². The lowest BCUT2D eigenvalue weighted by Crippen LogP contribution is -2.34. The quantitative estimate of drug-likeness (QED) is 0.675. The smallest absolute Gasteiger partial charge is 0.148 e. The Hall–Kier alpha value is -0.670. The van der Waals surface area contributed by atoms with Crippen LogP contribution in [-0.2, 0) is 9.53 Å². The zero-order valence-electron chi connectivity index (χ0n) is 8.74. The van der Waals surface area contributed by atoms with Crippen molar-refractivity contribution >= 4 is 5.78 Å². The van der Waals surface area contributed by atoms with Crippen molar-refractivity contribution in [2.75, 3.05) is 13.2 Å². The van der Waals surface area contributed by atoms with Gasteiger partial charge in [0.25, 0.3) is 0 Å². The van der Waals surface area contributed by atoms with Gasteiger partial charge in [-0.2, -0.15) is 0 Å². The van der Waals surface area contributed by atoms with Gasteiger partial charge in [-0.15, -0.1) is 0 Å². The van der Waals surface area contributed by atoms with E-state index in [0.717, 1.165) is 19.4 Å². The minimum Gasteiger partial charge on any atom is -0.379 e. The normalized spacial score (nSPS) is 23.4. The summed E-state index contributed by atoms with van der Waals surface area (Å²) >= 11 is 0. The zero-order valence-corrected chi connectivity index (χ0v) is 8.74. The van der Waals surface area contributed by atoms with E-state index < -0.39 is 6.04 Å². The summed E-state index contributed by atoms with van der Waals surface area (Å²) in [5.41, 5.74) is 5.54. The van der Waals surface area contributed by atoms with E-state index >= 15 is 0 Å². The first-order valence-electron chi connectivity index (χ1n) is 5.19. The maximum atomic E-state index is 10.8. The Labute approximate surface area is 85.3 Å². The van der Waals surface area contributed by atoms with Gasteiger partial charge in [0, 0.05) is 6.61 Å². The Balaban J connectivity index is 2.08. The molecule has 0 aromatic rings. The Morgan fingerprint density at radius 3 is 3.00 bits per heavy atom. The summed E-state index contributed by atoms with van der Waals surface area (Å²) in [6, 6.07) is -0.450. The lowest BCUT2D eigenvalue weighted by atomic mass is 9.95. The second kappa shape index (κ2) is 5.94. The Morgan fingerprint density at radius 2 is 2.43 bits per heavy atom. The number of carbonyl (C=O) groups excluding carboxylic acids is 1. The zero-order chi connectivity index (χ0) is 10.4. The topological polar surface area (TPSA) is 52.3 Å². The number of hydrogen-bond acceptors (Lipinski definition) is 3. The highest BCUT2D eigenvalue weighted by molar-refractivity contribution is 5.81. The molecule has 0 spiro atoms. The van der Waals surface area contributed by atoms with Crippen LogP contribution >= 0.6 is 0 Å². The summed E-state index contributed by atoms with van der Waals surface area (Å²) in [4.78, 5) is 10.8. The lowest BCUT2D eigenvalue weighted by Gasteiger charge is -2.18. The first-order chi connectivity index (χ1) is 6.70. The molecule has 3 heteroatoms. The van der Waals surface area contributed by atoms with Gasteiger partial charge >= 0.3 is 0 Å².